The average molecular weight is 554 g/mol. The first-order valence-corrected chi connectivity index (χ1v) is 13.9. The Balaban J connectivity index is 1.33. The average Bonchev–Trinajstić information content (AvgIpc) is 3.66. The zero-order valence-corrected chi connectivity index (χ0v) is 22.5. The predicted molar refractivity (Wildman–Crippen MR) is 152 cm³/mol. The van der Waals surface area contributed by atoms with Crippen LogP contribution in [0.2, 0.25) is 0 Å². The molecule has 0 N–H and O–H groups in total. The van der Waals surface area contributed by atoms with Crippen molar-refractivity contribution in [3.05, 3.63) is 84.6 Å². The van der Waals surface area contributed by atoms with Crippen molar-refractivity contribution in [1.29, 1.82) is 5.26 Å². The molecule has 9 nitrogen and oxygen atoms in total. The molecule has 7 rings (SSSR count). The van der Waals surface area contributed by atoms with Crippen LogP contribution in [0, 0.1) is 17.1 Å². The number of aromatic nitrogens is 4. The standard InChI is InChI=1S/C29H24FN7O2S/c1-34-7-9-35(10-8-34)24-14-23-20(13-22(24)30)26(38)21(16-36(23)19-5-6-19)27-32-29-37(33-27)28(39)25(40-29)12-17-3-2-4-18(11-17)15-31/h2-4,11-14,16,19H,5-10H2,1H3/b25-12-. The number of halogens is 1. The number of anilines is 1. The highest BCUT2D eigenvalue weighted by Gasteiger charge is 2.28. The van der Waals surface area contributed by atoms with Gasteiger partial charge in [-0.25, -0.2) is 4.39 Å². The van der Waals surface area contributed by atoms with Gasteiger partial charge >= 0.3 is 0 Å². The van der Waals surface area contributed by atoms with E-state index >= 15 is 4.39 Å². The molecular formula is C29H24FN7O2S. The summed E-state index contributed by atoms with van der Waals surface area (Å²) in [6.07, 6.45) is 5.40. The molecule has 0 bridgehead atoms. The summed E-state index contributed by atoms with van der Waals surface area (Å²) in [5, 5.41) is 13.8. The van der Waals surface area contributed by atoms with Gasteiger partial charge in [-0.05, 0) is 55.8 Å². The number of pyridine rings is 1. The van der Waals surface area contributed by atoms with E-state index in [1.165, 1.54) is 10.6 Å². The number of piperazine rings is 1. The van der Waals surface area contributed by atoms with Gasteiger partial charge in [-0.2, -0.15) is 14.8 Å². The van der Waals surface area contributed by atoms with Gasteiger partial charge in [0.25, 0.3) is 5.56 Å². The summed E-state index contributed by atoms with van der Waals surface area (Å²) in [6, 6.07) is 12.4. The van der Waals surface area contributed by atoms with E-state index < -0.39 is 5.82 Å². The summed E-state index contributed by atoms with van der Waals surface area (Å²) < 4.78 is 19.1. The number of fused-ring (bicyclic) bond motifs is 2. The van der Waals surface area contributed by atoms with E-state index in [9.17, 15) is 9.59 Å². The number of rotatable bonds is 4. The lowest BCUT2D eigenvalue weighted by atomic mass is 10.1. The van der Waals surface area contributed by atoms with Crippen LogP contribution in [0.1, 0.15) is 30.0 Å². The Labute approximate surface area is 231 Å². The number of nitrogens with zero attached hydrogens (tertiary/aromatic N) is 7. The van der Waals surface area contributed by atoms with Crippen molar-refractivity contribution in [2.75, 3.05) is 38.1 Å². The summed E-state index contributed by atoms with van der Waals surface area (Å²) in [5.74, 6) is -0.277. The van der Waals surface area contributed by atoms with Gasteiger partial charge in [0.15, 0.2) is 5.82 Å². The molecule has 2 aliphatic rings. The second kappa shape index (κ2) is 9.36. The Bertz CT molecular complexity index is 2030. The molecule has 0 atom stereocenters. The van der Waals surface area contributed by atoms with Crippen LogP contribution in [0.5, 0.6) is 0 Å². The highest BCUT2D eigenvalue weighted by atomic mass is 32.1. The molecule has 2 fully saturated rings. The monoisotopic (exact) mass is 553 g/mol. The van der Waals surface area contributed by atoms with Gasteiger partial charge in [0.2, 0.25) is 10.4 Å². The third kappa shape index (κ3) is 4.16. The second-order valence-corrected chi connectivity index (χ2v) is 11.4. The smallest absolute Gasteiger partial charge is 0.291 e. The molecule has 2 aromatic carbocycles. The third-order valence-electron chi connectivity index (χ3n) is 7.62. The van der Waals surface area contributed by atoms with Gasteiger partial charge < -0.3 is 14.4 Å². The van der Waals surface area contributed by atoms with Crippen LogP contribution in [0.25, 0.3) is 33.3 Å². The molecular weight excluding hydrogens is 529 g/mol. The van der Waals surface area contributed by atoms with Crippen molar-refractivity contribution in [2.24, 2.45) is 0 Å². The van der Waals surface area contributed by atoms with E-state index in [1.54, 1.807) is 36.5 Å². The van der Waals surface area contributed by atoms with Gasteiger partial charge in [0.05, 0.1) is 32.9 Å². The first kappa shape index (κ1) is 24.6. The largest absolute Gasteiger partial charge is 0.367 e. The molecule has 0 radical (unpaired) electrons. The molecule has 4 heterocycles. The molecule has 1 saturated carbocycles. The van der Waals surface area contributed by atoms with Crippen molar-refractivity contribution in [2.45, 2.75) is 18.9 Å². The Morgan fingerprint density at radius 2 is 1.93 bits per heavy atom. The molecule has 0 unspecified atom stereocenters. The van der Waals surface area contributed by atoms with Crippen molar-refractivity contribution >= 4 is 39.0 Å². The van der Waals surface area contributed by atoms with Crippen molar-refractivity contribution in [3.63, 3.8) is 0 Å². The lowest BCUT2D eigenvalue weighted by molar-refractivity contribution is 0.312. The summed E-state index contributed by atoms with van der Waals surface area (Å²) in [4.78, 5) is 35.9. The topological polar surface area (TPSA) is 99.5 Å². The van der Waals surface area contributed by atoms with E-state index in [-0.39, 0.29) is 33.8 Å². The van der Waals surface area contributed by atoms with Crippen LogP contribution in [0.15, 0.2) is 52.2 Å². The lowest BCUT2D eigenvalue weighted by Crippen LogP contribution is -2.44. The summed E-state index contributed by atoms with van der Waals surface area (Å²) >= 11 is 1.16. The van der Waals surface area contributed by atoms with Gasteiger partial charge in [-0.1, -0.05) is 23.5 Å². The zero-order chi connectivity index (χ0) is 27.5. The fourth-order valence-electron chi connectivity index (χ4n) is 5.26. The minimum absolute atomic E-state index is 0.145. The first-order valence-electron chi connectivity index (χ1n) is 13.1. The van der Waals surface area contributed by atoms with Gasteiger partial charge in [-0.3, -0.25) is 9.59 Å². The molecule has 3 aromatic heterocycles. The van der Waals surface area contributed by atoms with Gasteiger partial charge in [0, 0.05) is 43.8 Å². The molecule has 200 valence electrons. The van der Waals surface area contributed by atoms with E-state index in [1.807, 2.05) is 15.5 Å². The number of hydrogen-bond acceptors (Lipinski definition) is 8. The van der Waals surface area contributed by atoms with E-state index in [0.29, 0.717) is 26.3 Å². The molecule has 0 spiro atoms. The maximum Gasteiger partial charge on any atom is 0.291 e. The fourth-order valence-corrected chi connectivity index (χ4v) is 6.17. The summed E-state index contributed by atoms with van der Waals surface area (Å²) in [7, 11) is 2.05. The van der Waals surface area contributed by atoms with Crippen LogP contribution in [-0.4, -0.2) is 57.3 Å². The normalized spacial score (nSPS) is 16.7. The Hall–Kier alpha value is -4.40. The van der Waals surface area contributed by atoms with E-state index in [4.69, 9.17) is 5.26 Å². The SMILES string of the molecule is CN1CCN(c2cc3c(cc2F)c(=O)c(-c2nc4s/c(=C\c5cccc(C#N)c5)c(=O)n4n2)cn3C2CC2)CC1. The maximum atomic E-state index is 15.4. The van der Waals surface area contributed by atoms with Crippen molar-refractivity contribution in [3.8, 4) is 17.5 Å². The van der Waals surface area contributed by atoms with Crippen LogP contribution < -0.4 is 20.4 Å². The second-order valence-electron chi connectivity index (χ2n) is 10.4. The number of nitriles is 1. The number of benzene rings is 2. The van der Waals surface area contributed by atoms with Gasteiger partial charge in [0.1, 0.15) is 5.82 Å². The molecule has 11 heteroatoms. The number of hydrogen-bond donors (Lipinski definition) is 0. The molecule has 5 aromatic rings. The molecule has 40 heavy (non-hydrogen) atoms. The van der Waals surface area contributed by atoms with Crippen LogP contribution >= 0.6 is 11.3 Å². The predicted octanol–water partition coefficient (Wildman–Crippen LogP) is 2.78. The quantitative estimate of drug-likeness (QED) is 0.338. The Morgan fingerprint density at radius 1 is 1.12 bits per heavy atom. The van der Waals surface area contributed by atoms with Crippen LogP contribution in [0.4, 0.5) is 10.1 Å². The van der Waals surface area contributed by atoms with Crippen LogP contribution in [-0.2, 0) is 0 Å². The molecule has 0 amide bonds. The molecule has 1 saturated heterocycles. The number of thiazole rings is 1. The zero-order valence-electron chi connectivity index (χ0n) is 21.7. The molecule has 1 aliphatic heterocycles. The highest BCUT2D eigenvalue weighted by molar-refractivity contribution is 7.15. The first-order chi connectivity index (χ1) is 19.4. The summed E-state index contributed by atoms with van der Waals surface area (Å²) in [6.45, 7) is 3.15. The molecule has 1 aliphatic carbocycles. The maximum absolute atomic E-state index is 15.4. The minimum Gasteiger partial charge on any atom is -0.367 e. The minimum atomic E-state index is -0.421. The Kier molecular flexibility index (Phi) is 5.76. The third-order valence-corrected chi connectivity index (χ3v) is 8.58. The van der Waals surface area contributed by atoms with E-state index in [2.05, 4.69) is 28.1 Å². The number of likely N-dealkylation sites (N-methyl/N-ethyl adjacent to an activating group) is 1. The fraction of sp³-hybridized carbons (Fsp3) is 0.276. The highest BCUT2D eigenvalue weighted by Crippen LogP contribution is 2.39. The van der Waals surface area contributed by atoms with Crippen molar-refractivity contribution < 1.29 is 4.39 Å². The lowest BCUT2D eigenvalue weighted by Gasteiger charge is -2.34. The van der Waals surface area contributed by atoms with Crippen molar-refractivity contribution in [1.82, 2.24) is 24.1 Å². The van der Waals surface area contributed by atoms with Gasteiger partial charge in [-0.15, -0.1) is 5.10 Å². The Morgan fingerprint density at radius 3 is 2.65 bits per heavy atom. The van der Waals surface area contributed by atoms with E-state index in [0.717, 1.165) is 55.9 Å². The van der Waals surface area contributed by atoms with Crippen LogP contribution in [0.3, 0.4) is 0 Å². The summed E-state index contributed by atoms with van der Waals surface area (Å²) in [5.41, 5.74) is 1.97.